The topological polar surface area (TPSA) is 26.0 Å². The minimum atomic E-state index is 0.873. The van der Waals surface area contributed by atoms with Crippen molar-refractivity contribution in [2.75, 3.05) is 6.54 Å². The van der Waals surface area contributed by atoms with E-state index < -0.39 is 0 Å². The highest BCUT2D eigenvalue weighted by atomic mass is 14.5. The molecular weight excluding hydrogens is 470 g/mol. The lowest BCUT2D eigenvalue weighted by atomic mass is 9.87. The van der Waals surface area contributed by atoms with Gasteiger partial charge in [-0.1, -0.05) is 220 Å². The van der Waals surface area contributed by atoms with Crippen molar-refractivity contribution in [1.29, 1.82) is 0 Å². The summed E-state index contributed by atoms with van der Waals surface area (Å²) >= 11 is 0. The summed E-state index contributed by atoms with van der Waals surface area (Å²) in [6, 6.07) is 0. The highest BCUT2D eigenvalue weighted by Crippen LogP contribution is 2.27. The third kappa shape index (κ3) is 30.7. The zero-order valence-electron chi connectivity index (χ0n) is 28.1. The van der Waals surface area contributed by atoms with Gasteiger partial charge in [0.15, 0.2) is 0 Å². The largest absolute Gasteiger partial charge is 0.330 e. The van der Waals surface area contributed by atoms with Crippen molar-refractivity contribution in [1.82, 2.24) is 0 Å². The highest BCUT2D eigenvalue weighted by Gasteiger charge is 2.12. The molecule has 0 aliphatic rings. The Morgan fingerprint density at radius 3 is 0.795 bits per heavy atom. The SMILES string of the molecule is CCCCCCCCCCCC(CCCCC)CCCCC(CCCCC)CCCCCCCCCCCN. The average Bonchev–Trinajstić information content (AvgIpc) is 2.94. The molecule has 0 aromatic rings. The van der Waals surface area contributed by atoms with Crippen LogP contribution in [0, 0.1) is 11.8 Å². The molecule has 0 heterocycles. The van der Waals surface area contributed by atoms with Crippen LogP contribution in [0.2, 0.25) is 0 Å². The summed E-state index contributed by atoms with van der Waals surface area (Å²) < 4.78 is 0. The summed E-state index contributed by atoms with van der Waals surface area (Å²) in [6.45, 7) is 7.91. The Kier molecular flexibility index (Phi) is 34.1. The van der Waals surface area contributed by atoms with Crippen molar-refractivity contribution in [3.05, 3.63) is 0 Å². The van der Waals surface area contributed by atoms with Crippen LogP contribution in [0.3, 0.4) is 0 Å². The van der Waals surface area contributed by atoms with Gasteiger partial charge >= 0.3 is 0 Å². The fourth-order valence-electron chi connectivity index (χ4n) is 6.66. The van der Waals surface area contributed by atoms with Crippen LogP contribution in [-0.4, -0.2) is 6.54 Å². The fraction of sp³-hybridized carbons (Fsp3) is 1.00. The summed E-state index contributed by atoms with van der Waals surface area (Å²) in [5, 5.41) is 0. The summed E-state index contributed by atoms with van der Waals surface area (Å²) in [5.74, 6) is 2.04. The van der Waals surface area contributed by atoms with E-state index in [1.165, 1.54) is 205 Å². The molecule has 0 spiro atoms. The van der Waals surface area contributed by atoms with E-state index in [1.807, 2.05) is 0 Å². The van der Waals surface area contributed by atoms with E-state index in [2.05, 4.69) is 20.8 Å². The molecule has 39 heavy (non-hydrogen) atoms. The first-order valence-electron chi connectivity index (χ1n) is 19.0. The zero-order chi connectivity index (χ0) is 28.5. The number of unbranched alkanes of at least 4 members (excludes halogenated alkanes) is 21. The quantitative estimate of drug-likeness (QED) is 0.0793. The summed E-state index contributed by atoms with van der Waals surface area (Å²) in [4.78, 5) is 0. The molecule has 2 atom stereocenters. The number of hydrogen-bond acceptors (Lipinski definition) is 1. The van der Waals surface area contributed by atoms with Gasteiger partial charge in [-0.2, -0.15) is 0 Å². The van der Waals surface area contributed by atoms with Crippen molar-refractivity contribution >= 4 is 0 Å². The van der Waals surface area contributed by atoms with Gasteiger partial charge in [0.05, 0.1) is 0 Å². The van der Waals surface area contributed by atoms with Crippen LogP contribution in [0.4, 0.5) is 0 Å². The van der Waals surface area contributed by atoms with Crippen LogP contribution in [0.5, 0.6) is 0 Å². The van der Waals surface area contributed by atoms with Crippen LogP contribution in [0.25, 0.3) is 0 Å². The summed E-state index contributed by atoms with van der Waals surface area (Å²) in [6.07, 6.45) is 46.6. The maximum atomic E-state index is 5.60. The van der Waals surface area contributed by atoms with Crippen LogP contribution < -0.4 is 5.73 Å². The van der Waals surface area contributed by atoms with Gasteiger partial charge in [0.2, 0.25) is 0 Å². The highest BCUT2D eigenvalue weighted by molar-refractivity contribution is 4.65. The first kappa shape index (κ1) is 39.0. The van der Waals surface area contributed by atoms with Crippen molar-refractivity contribution in [2.45, 2.75) is 226 Å². The first-order chi connectivity index (χ1) is 19.3. The molecule has 0 aromatic heterocycles. The maximum absolute atomic E-state index is 5.60. The van der Waals surface area contributed by atoms with Gasteiger partial charge in [-0.05, 0) is 24.8 Å². The second-order valence-electron chi connectivity index (χ2n) is 13.4. The molecule has 0 rings (SSSR count). The van der Waals surface area contributed by atoms with Gasteiger partial charge < -0.3 is 5.73 Å². The van der Waals surface area contributed by atoms with Gasteiger partial charge in [0, 0.05) is 0 Å². The van der Waals surface area contributed by atoms with Crippen molar-refractivity contribution in [3.8, 4) is 0 Å². The lowest BCUT2D eigenvalue weighted by molar-refractivity contribution is 0.339. The monoisotopic (exact) mass is 550 g/mol. The second-order valence-corrected chi connectivity index (χ2v) is 13.4. The van der Waals surface area contributed by atoms with Gasteiger partial charge in [0.25, 0.3) is 0 Å². The Morgan fingerprint density at radius 2 is 0.487 bits per heavy atom. The number of rotatable bonds is 34. The molecule has 1 heteroatoms. The summed E-state index contributed by atoms with van der Waals surface area (Å²) in [5.41, 5.74) is 5.60. The Morgan fingerprint density at radius 1 is 0.282 bits per heavy atom. The molecule has 0 saturated heterocycles. The van der Waals surface area contributed by atoms with Gasteiger partial charge in [-0.3, -0.25) is 0 Å². The molecular formula is C38H79N. The first-order valence-corrected chi connectivity index (χ1v) is 19.0. The normalized spacial score (nSPS) is 13.2. The van der Waals surface area contributed by atoms with Crippen molar-refractivity contribution in [3.63, 3.8) is 0 Å². The van der Waals surface area contributed by atoms with E-state index in [4.69, 9.17) is 5.73 Å². The Hall–Kier alpha value is -0.0400. The molecule has 0 aliphatic heterocycles. The van der Waals surface area contributed by atoms with Crippen molar-refractivity contribution in [2.24, 2.45) is 17.6 Å². The van der Waals surface area contributed by atoms with Gasteiger partial charge in [-0.25, -0.2) is 0 Å². The number of nitrogens with two attached hydrogens (primary N) is 1. The van der Waals surface area contributed by atoms with Crippen LogP contribution in [-0.2, 0) is 0 Å². The number of hydrogen-bond donors (Lipinski definition) is 1. The summed E-state index contributed by atoms with van der Waals surface area (Å²) in [7, 11) is 0. The molecule has 0 aliphatic carbocycles. The lowest BCUT2D eigenvalue weighted by Crippen LogP contribution is -2.04. The van der Waals surface area contributed by atoms with Crippen LogP contribution in [0.1, 0.15) is 226 Å². The third-order valence-corrected chi connectivity index (χ3v) is 9.44. The van der Waals surface area contributed by atoms with Gasteiger partial charge in [0.1, 0.15) is 0 Å². The third-order valence-electron chi connectivity index (χ3n) is 9.44. The average molecular weight is 550 g/mol. The van der Waals surface area contributed by atoms with E-state index in [1.54, 1.807) is 0 Å². The lowest BCUT2D eigenvalue weighted by Gasteiger charge is -2.19. The molecule has 0 aromatic carbocycles. The molecule has 0 saturated carbocycles. The molecule has 0 amide bonds. The van der Waals surface area contributed by atoms with Crippen molar-refractivity contribution < 1.29 is 0 Å². The Bertz CT molecular complexity index is 419. The zero-order valence-corrected chi connectivity index (χ0v) is 28.1. The van der Waals surface area contributed by atoms with E-state index in [0.29, 0.717) is 0 Å². The smallest absolute Gasteiger partial charge is 0.00773 e. The Balaban J connectivity index is 4.10. The molecule has 1 nitrogen and oxygen atoms in total. The predicted molar refractivity (Wildman–Crippen MR) is 181 cm³/mol. The van der Waals surface area contributed by atoms with Gasteiger partial charge in [-0.15, -0.1) is 0 Å². The van der Waals surface area contributed by atoms with E-state index in [0.717, 1.165) is 18.4 Å². The predicted octanol–water partition coefficient (Wildman–Crippen LogP) is 13.7. The molecule has 2 N–H and O–H groups in total. The van der Waals surface area contributed by atoms with E-state index >= 15 is 0 Å². The second kappa shape index (κ2) is 34.2. The molecule has 2 unspecified atom stereocenters. The standard InChI is InChI=1S/C38H79N/c1-4-7-10-11-12-14-17-20-25-32-37(30-23-8-5-2)34-27-28-35-38(31-24-9-6-3)33-26-21-18-15-13-16-19-22-29-36-39/h37-38H,4-36,39H2,1-3H3. The van der Waals surface area contributed by atoms with E-state index in [9.17, 15) is 0 Å². The molecule has 0 bridgehead atoms. The molecule has 236 valence electrons. The van der Waals surface area contributed by atoms with Crippen LogP contribution >= 0.6 is 0 Å². The van der Waals surface area contributed by atoms with E-state index in [-0.39, 0.29) is 0 Å². The molecule has 0 fully saturated rings. The minimum absolute atomic E-state index is 0.873. The van der Waals surface area contributed by atoms with Crippen LogP contribution in [0.15, 0.2) is 0 Å². The molecule has 0 radical (unpaired) electrons. The maximum Gasteiger partial charge on any atom is -0.00773 e. The fourth-order valence-corrected chi connectivity index (χ4v) is 6.66. The Labute approximate surface area is 250 Å². The minimum Gasteiger partial charge on any atom is -0.330 e.